The predicted octanol–water partition coefficient (Wildman–Crippen LogP) is 1.99. The highest BCUT2D eigenvalue weighted by atomic mass is 16.4. The van der Waals surface area contributed by atoms with Gasteiger partial charge >= 0.3 is 0 Å². The van der Waals surface area contributed by atoms with Crippen molar-refractivity contribution in [3.63, 3.8) is 0 Å². The van der Waals surface area contributed by atoms with E-state index in [0.29, 0.717) is 12.0 Å². The summed E-state index contributed by atoms with van der Waals surface area (Å²) in [6.07, 6.45) is 2.79. The Balaban J connectivity index is 2.80. The maximum atomic E-state index is 10.6. The summed E-state index contributed by atoms with van der Waals surface area (Å²) in [7, 11) is 2.23. The molecule has 1 aliphatic heterocycles. The van der Waals surface area contributed by atoms with Gasteiger partial charge in [-0.2, -0.15) is 0 Å². The number of nitrogens with zero attached hydrogens (tertiary/aromatic N) is 2. The van der Waals surface area contributed by atoms with Crippen LogP contribution in [-0.4, -0.2) is 36.4 Å². The van der Waals surface area contributed by atoms with Crippen molar-refractivity contribution in [1.82, 2.24) is 0 Å². The molecule has 0 aliphatic carbocycles. The van der Waals surface area contributed by atoms with E-state index in [2.05, 4.69) is 32.6 Å². The zero-order chi connectivity index (χ0) is 10.8. The van der Waals surface area contributed by atoms with E-state index in [1.54, 1.807) is 0 Å². The van der Waals surface area contributed by atoms with Crippen molar-refractivity contribution in [2.75, 3.05) is 20.1 Å². The van der Waals surface area contributed by atoms with Crippen molar-refractivity contribution < 1.29 is 4.48 Å². The first kappa shape index (κ1) is 11.2. The molecule has 0 spiro atoms. The highest BCUT2D eigenvalue weighted by molar-refractivity contribution is 5.87. The van der Waals surface area contributed by atoms with Gasteiger partial charge in [0, 0.05) is 18.1 Å². The van der Waals surface area contributed by atoms with E-state index >= 15 is 0 Å². The van der Waals surface area contributed by atoms with Gasteiger partial charge in [0.25, 0.3) is 0 Å². The van der Waals surface area contributed by atoms with E-state index in [4.69, 9.17) is 0 Å². The molecule has 0 N–H and O–H groups in total. The van der Waals surface area contributed by atoms with Gasteiger partial charge in [-0.1, -0.05) is 13.5 Å². The largest absolute Gasteiger partial charge is 0.792 e. The number of piperidine rings is 1. The lowest BCUT2D eigenvalue weighted by atomic mass is 9.90. The molecule has 1 aliphatic rings. The van der Waals surface area contributed by atoms with Gasteiger partial charge in [0.05, 0.1) is 26.2 Å². The lowest BCUT2D eigenvalue weighted by Crippen LogP contribution is -2.58. The van der Waals surface area contributed by atoms with E-state index in [0.717, 1.165) is 29.7 Å². The smallest absolute Gasteiger partial charge is 0.0971 e. The number of likely N-dealkylation sites (tertiary alicyclic amines) is 1. The average molecular weight is 196 g/mol. The monoisotopic (exact) mass is 196 g/mol. The summed E-state index contributed by atoms with van der Waals surface area (Å²) >= 11 is 0. The van der Waals surface area contributed by atoms with E-state index in [1.165, 1.54) is 0 Å². The highest BCUT2D eigenvalue weighted by Crippen LogP contribution is 2.25. The van der Waals surface area contributed by atoms with Crippen LogP contribution < -0.4 is 0 Å². The summed E-state index contributed by atoms with van der Waals surface area (Å²) in [4.78, 5) is 0. The molecular weight excluding hydrogens is 176 g/mol. The van der Waals surface area contributed by atoms with Gasteiger partial charge in [-0.15, -0.1) is 0 Å². The Morgan fingerprint density at radius 3 is 2.79 bits per heavy atom. The third-order valence-corrected chi connectivity index (χ3v) is 3.49. The normalized spacial score (nSPS) is 41.2. The van der Waals surface area contributed by atoms with Gasteiger partial charge in [0.15, 0.2) is 0 Å². The second-order valence-electron chi connectivity index (χ2n) is 4.67. The Morgan fingerprint density at radius 2 is 2.29 bits per heavy atom. The van der Waals surface area contributed by atoms with Gasteiger partial charge in [-0.05, 0) is 13.0 Å². The Morgan fingerprint density at radius 1 is 1.64 bits per heavy atom. The summed E-state index contributed by atoms with van der Waals surface area (Å²) in [6, 6.07) is 0.469. The lowest BCUT2D eigenvalue weighted by Gasteiger charge is -2.45. The van der Waals surface area contributed by atoms with Gasteiger partial charge in [-0.3, -0.25) is 0 Å². The first-order valence-corrected chi connectivity index (χ1v) is 5.17. The average Bonchev–Trinajstić information content (AvgIpc) is 2.11. The van der Waals surface area contributed by atoms with E-state index in [-0.39, 0.29) is 0 Å². The molecule has 3 nitrogen and oxygen atoms in total. The Kier molecular flexibility index (Phi) is 3.32. The number of rotatable bonds is 2. The zero-order valence-electron chi connectivity index (χ0n) is 9.36. The Bertz CT molecular complexity index is 250. The molecule has 0 bridgehead atoms. The van der Waals surface area contributed by atoms with Crippen LogP contribution in [0, 0.1) is 11.1 Å². The van der Waals surface area contributed by atoms with Crippen molar-refractivity contribution in [3.8, 4) is 0 Å². The van der Waals surface area contributed by atoms with Crippen LogP contribution in [0.25, 0.3) is 0 Å². The standard InChI is InChI=1S/C11H20N2O/c1-5-6-13(4)8-9(2)11(12-14)7-10(13)3/h5,9-10H,1,6-8H2,2-4H3/b12-11-. The van der Waals surface area contributed by atoms with Crippen molar-refractivity contribution >= 4 is 5.71 Å². The van der Waals surface area contributed by atoms with E-state index < -0.39 is 0 Å². The molecule has 1 saturated heterocycles. The third-order valence-electron chi connectivity index (χ3n) is 3.49. The summed E-state index contributed by atoms with van der Waals surface area (Å²) in [6.45, 7) is 10.0. The summed E-state index contributed by atoms with van der Waals surface area (Å²) in [5.41, 5.74) is 0.831. The SMILES string of the molecule is C=CC[N+]1(C)CC(C)/C(=N\[O-])CC1C. The lowest BCUT2D eigenvalue weighted by molar-refractivity contribution is -0.930. The molecular formula is C11H20N2O. The molecule has 14 heavy (non-hydrogen) atoms. The van der Waals surface area contributed by atoms with E-state index in [9.17, 15) is 5.21 Å². The summed E-state index contributed by atoms with van der Waals surface area (Å²) < 4.78 is 0.976. The van der Waals surface area contributed by atoms with Crippen LogP contribution in [0.5, 0.6) is 0 Å². The van der Waals surface area contributed by atoms with Gasteiger partial charge in [0.2, 0.25) is 0 Å². The maximum absolute atomic E-state index is 10.6. The van der Waals surface area contributed by atoms with Crippen LogP contribution in [0.2, 0.25) is 0 Å². The van der Waals surface area contributed by atoms with Crippen molar-refractivity contribution in [2.45, 2.75) is 26.3 Å². The molecule has 3 unspecified atom stereocenters. The Hall–Kier alpha value is -0.830. The minimum Gasteiger partial charge on any atom is -0.792 e. The molecule has 0 amide bonds. The number of hydrogen-bond acceptors (Lipinski definition) is 2. The number of hydrogen-bond donors (Lipinski definition) is 0. The first-order valence-electron chi connectivity index (χ1n) is 5.17. The van der Waals surface area contributed by atoms with Crippen LogP contribution in [0.15, 0.2) is 17.8 Å². The second-order valence-corrected chi connectivity index (χ2v) is 4.67. The molecule has 0 aromatic rings. The fourth-order valence-corrected chi connectivity index (χ4v) is 2.31. The molecule has 0 saturated carbocycles. The topological polar surface area (TPSA) is 35.4 Å². The van der Waals surface area contributed by atoms with Crippen LogP contribution >= 0.6 is 0 Å². The van der Waals surface area contributed by atoms with Crippen LogP contribution in [-0.2, 0) is 0 Å². The molecule has 3 heteroatoms. The number of likely N-dealkylation sites (N-methyl/N-ethyl adjacent to an activating group) is 1. The molecule has 1 fully saturated rings. The Labute approximate surface area is 86.3 Å². The fourth-order valence-electron chi connectivity index (χ4n) is 2.31. The number of quaternary nitrogens is 1. The van der Waals surface area contributed by atoms with Crippen LogP contribution in [0.3, 0.4) is 0 Å². The quantitative estimate of drug-likeness (QED) is 0.378. The molecule has 80 valence electrons. The second kappa shape index (κ2) is 4.13. The first-order chi connectivity index (χ1) is 6.53. The molecule has 0 radical (unpaired) electrons. The minimum atomic E-state index is 0.314. The van der Waals surface area contributed by atoms with Crippen LogP contribution in [0.1, 0.15) is 20.3 Å². The van der Waals surface area contributed by atoms with Crippen molar-refractivity contribution in [1.29, 1.82) is 0 Å². The van der Waals surface area contributed by atoms with Crippen LogP contribution in [0.4, 0.5) is 0 Å². The third kappa shape index (κ3) is 1.98. The molecule has 3 atom stereocenters. The maximum Gasteiger partial charge on any atom is 0.0971 e. The molecule has 1 rings (SSSR count). The minimum absolute atomic E-state index is 0.314. The fraction of sp³-hybridized carbons (Fsp3) is 0.727. The van der Waals surface area contributed by atoms with E-state index in [1.807, 2.05) is 6.08 Å². The predicted molar refractivity (Wildman–Crippen MR) is 60.2 cm³/mol. The van der Waals surface area contributed by atoms with Crippen molar-refractivity contribution in [2.24, 2.45) is 11.1 Å². The van der Waals surface area contributed by atoms with Gasteiger partial charge in [-0.25, -0.2) is 0 Å². The van der Waals surface area contributed by atoms with Crippen molar-refractivity contribution in [3.05, 3.63) is 17.9 Å². The zero-order valence-corrected chi connectivity index (χ0v) is 9.36. The highest BCUT2D eigenvalue weighted by Gasteiger charge is 2.37. The molecule has 0 aromatic carbocycles. The molecule has 0 aromatic heterocycles. The van der Waals surface area contributed by atoms with Gasteiger partial charge < -0.3 is 14.8 Å². The van der Waals surface area contributed by atoms with Gasteiger partial charge in [0.1, 0.15) is 0 Å². The summed E-state index contributed by atoms with van der Waals surface area (Å²) in [5, 5.41) is 13.7. The summed E-state index contributed by atoms with van der Waals surface area (Å²) in [5.74, 6) is 0.314. The molecule has 1 heterocycles.